The molecule has 0 saturated carbocycles. The van der Waals surface area contributed by atoms with Gasteiger partial charge in [0.1, 0.15) is 18.1 Å². The summed E-state index contributed by atoms with van der Waals surface area (Å²) in [6, 6.07) is 13.1. The fraction of sp³-hybridized carbons (Fsp3) is 0.217. The number of aryl methyl sites for hydroxylation is 1. The van der Waals surface area contributed by atoms with Crippen LogP contribution in [0, 0.1) is 13.8 Å². The maximum Gasteiger partial charge on any atom is 0.257 e. The highest BCUT2D eigenvalue weighted by Crippen LogP contribution is 2.26. The molecule has 0 aliphatic rings. The summed E-state index contributed by atoms with van der Waals surface area (Å²) >= 11 is 0. The lowest BCUT2D eigenvalue weighted by Crippen LogP contribution is -2.15. The van der Waals surface area contributed by atoms with Gasteiger partial charge in [-0.05, 0) is 44.2 Å². The Bertz CT molecular complexity index is 1110. The molecule has 30 heavy (non-hydrogen) atoms. The molecule has 0 saturated heterocycles. The summed E-state index contributed by atoms with van der Waals surface area (Å²) in [4.78, 5) is 17.0. The molecule has 1 N–H and O–H groups in total. The highest BCUT2D eigenvalue weighted by atomic mass is 16.5. The number of anilines is 1. The average Bonchev–Trinajstić information content (AvgIpc) is 3.49. The number of benzene rings is 1. The van der Waals surface area contributed by atoms with E-state index < -0.39 is 0 Å². The Labute approximate surface area is 174 Å². The molecule has 3 heterocycles. The lowest BCUT2D eigenvalue weighted by atomic mass is 10.2. The van der Waals surface area contributed by atoms with Gasteiger partial charge in [-0.15, -0.1) is 0 Å². The number of amides is 1. The Hall–Kier alpha value is -3.74. The predicted octanol–water partition coefficient (Wildman–Crippen LogP) is 4.27. The highest BCUT2D eigenvalue weighted by Gasteiger charge is 2.18. The molecule has 0 radical (unpaired) electrons. The van der Waals surface area contributed by atoms with Gasteiger partial charge in [-0.2, -0.15) is 0 Å². The lowest BCUT2D eigenvalue weighted by Gasteiger charge is -2.13. The number of rotatable bonds is 8. The molecule has 4 rings (SSSR count). The van der Waals surface area contributed by atoms with E-state index in [9.17, 15) is 4.79 Å². The van der Waals surface area contributed by atoms with E-state index in [0.717, 1.165) is 17.1 Å². The van der Waals surface area contributed by atoms with Gasteiger partial charge < -0.3 is 23.6 Å². The SMILES string of the molecule is Cc1cc(C(=O)Nc2ccccc2OCCn2ccnc2)c(C)n1Cc1ccco1. The first kappa shape index (κ1) is 19.6. The monoisotopic (exact) mass is 404 g/mol. The van der Waals surface area contributed by atoms with E-state index in [4.69, 9.17) is 9.15 Å². The van der Waals surface area contributed by atoms with Crippen molar-refractivity contribution in [1.29, 1.82) is 0 Å². The van der Waals surface area contributed by atoms with Crippen molar-refractivity contribution in [2.45, 2.75) is 26.9 Å². The number of hydrogen-bond donors (Lipinski definition) is 1. The Kier molecular flexibility index (Phi) is 5.70. The Morgan fingerprint density at radius 2 is 2.07 bits per heavy atom. The Balaban J connectivity index is 1.46. The van der Waals surface area contributed by atoms with Crippen molar-refractivity contribution in [3.8, 4) is 5.75 Å². The molecule has 154 valence electrons. The first-order valence-electron chi connectivity index (χ1n) is 9.80. The molecule has 7 heteroatoms. The number of nitrogens with one attached hydrogen (secondary N) is 1. The van der Waals surface area contributed by atoms with Crippen LogP contribution in [-0.2, 0) is 13.1 Å². The van der Waals surface area contributed by atoms with Crippen LogP contribution in [0.1, 0.15) is 27.5 Å². The molecular formula is C23H24N4O3. The van der Waals surface area contributed by atoms with Gasteiger partial charge in [-0.3, -0.25) is 4.79 Å². The summed E-state index contributed by atoms with van der Waals surface area (Å²) in [7, 11) is 0. The van der Waals surface area contributed by atoms with Crippen LogP contribution in [0.15, 0.2) is 71.9 Å². The molecule has 0 bridgehead atoms. The Morgan fingerprint density at radius 1 is 1.20 bits per heavy atom. The number of carbonyl (C=O) groups is 1. The summed E-state index contributed by atoms with van der Waals surface area (Å²) in [5.74, 6) is 1.32. The van der Waals surface area contributed by atoms with Crippen LogP contribution >= 0.6 is 0 Å². The summed E-state index contributed by atoms with van der Waals surface area (Å²) in [5, 5.41) is 2.99. The number of aromatic nitrogens is 3. The van der Waals surface area contributed by atoms with Crippen molar-refractivity contribution in [2.75, 3.05) is 11.9 Å². The minimum atomic E-state index is -0.167. The van der Waals surface area contributed by atoms with Gasteiger partial charge in [0.05, 0.1) is 36.9 Å². The second-order valence-corrected chi connectivity index (χ2v) is 7.05. The minimum Gasteiger partial charge on any atom is -0.490 e. The van der Waals surface area contributed by atoms with E-state index in [1.165, 1.54) is 0 Å². The van der Waals surface area contributed by atoms with E-state index in [2.05, 4.69) is 14.9 Å². The van der Waals surface area contributed by atoms with Crippen molar-refractivity contribution in [3.05, 3.63) is 90.2 Å². The number of imidazole rings is 1. The zero-order chi connectivity index (χ0) is 20.9. The molecular weight excluding hydrogens is 380 g/mol. The fourth-order valence-corrected chi connectivity index (χ4v) is 3.40. The van der Waals surface area contributed by atoms with Crippen LogP contribution in [0.4, 0.5) is 5.69 Å². The third-order valence-electron chi connectivity index (χ3n) is 5.01. The molecule has 1 amide bonds. The molecule has 0 aliphatic carbocycles. The van der Waals surface area contributed by atoms with Crippen molar-refractivity contribution in [2.24, 2.45) is 0 Å². The van der Waals surface area contributed by atoms with Gasteiger partial charge in [0, 0.05) is 23.8 Å². The van der Waals surface area contributed by atoms with E-state index in [-0.39, 0.29) is 5.91 Å². The standard InChI is InChI=1S/C23H24N4O3/c1-17-14-20(18(2)27(17)15-19-6-5-12-29-19)23(28)25-21-7-3-4-8-22(21)30-13-11-26-10-9-24-16-26/h3-10,12,14,16H,11,13,15H2,1-2H3,(H,25,28). The number of nitrogens with zero attached hydrogens (tertiary/aromatic N) is 3. The normalized spacial score (nSPS) is 10.9. The van der Waals surface area contributed by atoms with Gasteiger partial charge >= 0.3 is 0 Å². The molecule has 4 aromatic rings. The lowest BCUT2D eigenvalue weighted by molar-refractivity contribution is 0.102. The zero-order valence-corrected chi connectivity index (χ0v) is 17.0. The fourth-order valence-electron chi connectivity index (χ4n) is 3.40. The summed E-state index contributed by atoms with van der Waals surface area (Å²) in [6.45, 7) is 5.67. The van der Waals surface area contributed by atoms with Gasteiger partial charge in [0.25, 0.3) is 5.91 Å². The third-order valence-corrected chi connectivity index (χ3v) is 5.01. The number of carbonyl (C=O) groups excluding carboxylic acids is 1. The van der Waals surface area contributed by atoms with Crippen LogP contribution in [-0.4, -0.2) is 26.6 Å². The molecule has 0 fully saturated rings. The van der Waals surface area contributed by atoms with Crippen molar-refractivity contribution >= 4 is 11.6 Å². The van der Waals surface area contributed by atoms with E-state index >= 15 is 0 Å². The summed E-state index contributed by atoms with van der Waals surface area (Å²) in [6.07, 6.45) is 7.02. The molecule has 0 spiro atoms. The molecule has 0 aliphatic heterocycles. The second-order valence-electron chi connectivity index (χ2n) is 7.05. The molecule has 7 nitrogen and oxygen atoms in total. The van der Waals surface area contributed by atoms with Gasteiger partial charge in [-0.1, -0.05) is 12.1 Å². The average molecular weight is 404 g/mol. The molecule has 3 aromatic heterocycles. The first-order chi connectivity index (χ1) is 14.6. The van der Waals surface area contributed by atoms with Gasteiger partial charge in [0.2, 0.25) is 0 Å². The van der Waals surface area contributed by atoms with Crippen molar-refractivity contribution in [1.82, 2.24) is 14.1 Å². The minimum absolute atomic E-state index is 0.167. The quantitative estimate of drug-likeness (QED) is 0.476. The van der Waals surface area contributed by atoms with E-state index in [1.54, 1.807) is 18.8 Å². The van der Waals surface area contributed by atoms with Crippen LogP contribution in [0.5, 0.6) is 5.75 Å². The molecule has 1 aromatic carbocycles. The summed E-state index contributed by atoms with van der Waals surface area (Å²) < 4.78 is 15.4. The number of hydrogen-bond acceptors (Lipinski definition) is 4. The largest absolute Gasteiger partial charge is 0.490 e. The maximum atomic E-state index is 13.0. The smallest absolute Gasteiger partial charge is 0.257 e. The predicted molar refractivity (Wildman–Crippen MR) is 114 cm³/mol. The maximum absolute atomic E-state index is 13.0. The van der Waals surface area contributed by atoms with Crippen LogP contribution in [0.25, 0.3) is 0 Å². The van der Waals surface area contributed by atoms with Gasteiger partial charge in [0.15, 0.2) is 0 Å². The van der Waals surface area contributed by atoms with Crippen molar-refractivity contribution < 1.29 is 13.9 Å². The van der Waals surface area contributed by atoms with Crippen LogP contribution < -0.4 is 10.1 Å². The van der Waals surface area contributed by atoms with E-state index in [1.807, 2.05) is 67.1 Å². The van der Waals surface area contributed by atoms with Crippen LogP contribution in [0.2, 0.25) is 0 Å². The zero-order valence-electron chi connectivity index (χ0n) is 17.0. The number of furan rings is 1. The number of ether oxygens (including phenoxy) is 1. The Morgan fingerprint density at radius 3 is 2.83 bits per heavy atom. The van der Waals surface area contributed by atoms with Gasteiger partial charge in [-0.25, -0.2) is 4.98 Å². The second kappa shape index (κ2) is 8.73. The number of para-hydroxylation sites is 2. The topological polar surface area (TPSA) is 74.2 Å². The van der Waals surface area contributed by atoms with E-state index in [0.29, 0.717) is 36.7 Å². The molecule has 0 atom stereocenters. The third kappa shape index (κ3) is 4.30. The summed E-state index contributed by atoms with van der Waals surface area (Å²) in [5.41, 5.74) is 3.16. The molecule has 0 unspecified atom stereocenters. The van der Waals surface area contributed by atoms with Crippen molar-refractivity contribution in [3.63, 3.8) is 0 Å². The van der Waals surface area contributed by atoms with Crippen LogP contribution in [0.3, 0.4) is 0 Å². The first-order valence-corrected chi connectivity index (χ1v) is 9.80. The highest BCUT2D eigenvalue weighted by molar-refractivity contribution is 6.06.